The average Bonchev–Trinajstić information content (AvgIpc) is 2.83. The molecule has 0 radical (unpaired) electrons. The van der Waals surface area contributed by atoms with Crippen LogP contribution in [0.5, 0.6) is 11.5 Å². The van der Waals surface area contributed by atoms with Crippen LogP contribution < -0.4 is 4.74 Å². The number of esters is 1. The highest BCUT2D eigenvalue weighted by atomic mass is 35.5. The van der Waals surface area contributed by atoms with Gasteiger partial charge in [-0.15, -0.1) is 0 Å². The Kier molecular flexibility index (Phi) is 6.55. The summed E-state index contributed by atoms with van der Waals surface area (Å²) in [6.45, 7) is 3.55. The summed E-state index contributed by atoms with van der Waals surface area (Å²) in [7, 11) is 1.37. The van der Waals surface area contributed by atoms with Crippen molar-refractivity contribution in [3.05, 3.63) is 27.6 Å². The summed E-state index contributed by atoms with van der Waals surface area (Å²) in [5.41, 5.74) is 0.470. The number of phenolic OH excluding ortho intramolecular Hbond substituents is 1. The van der Waals surface area contributed by atoms with Crippen LogP contribution in [0.2, 0.25) is 5.02 Å². The van der Waals surface area contributed by atoms with Gasteiger partial charge >= 0.3 is 5.97 Å². The van der Waals surface area contributed by atoms with Gasteiger partial charge < -0.3 is 14.6 Å². The van der Waals surface area contributed by atoms with Gasteiger partial charge in [0.1, 0.15) is 6.54 Å². The Morgan fingerprint density at radius 2 is 2.08 bits per heavy atom. The molecular weight excluding hydrogens is 382 g/mol. The molecule has 9 heteroatoms. The number of amides is 2. The molecule has 0 unspecified atom stereocenters. The highest BCUT2D eigenvalue weighted by Gasteiger charge is 2.36. The molecule has 140 valence electrons. The number of carbonyl (C=O) groups excluding carboxylic acids is 3. The molecule has 0 aromatic heterocycles. The third kappa shape index (κ3) is 4.70. The van der Waals surface area contributed by atoms with Gasteiger partial charge in [-0.25, -0.2) is 0 Å². The van der Waals surface area contributed by atoms with E-state index in [4.69, 9.17) is 21.1 Å². The van der Waals surface area contributed by atoms with Crippen molar-refractivity contribution in [1.82, 2.24) is 4.90 Å². The Bertz CT molecular complexity index is 777. The number of phenols is 1. The maximum atomic E-state index is 12.4. The molecule has 1 aliphatic heterocycles. The van der Waals surface area contributed by atoms with Gasteiger partial charge in [-0.3, -0.25) is 19.3 Å². The first-order valence-electron chi connectivity index (χ1n) is 7.70. The summed E-state index contributed by atoms with van der Waals surface area (Å²) < 4.78 is 10.0. The summed E-state index contributed by atoms with van der Waals surface area (Å²) >= 11 is 6.63. The number of ether oxygens (including phenoxy) is 2. The van der Waals surface area contributed by atoms with Gasteiger partial charge in [0, 0.05) is 0 Å². The molecule has 2 rings (SSSR count). The molecular formula is C17H18ClNO6S. The van der Waals surface area contributed by atoms with Gasteiger partial charge in [0.2, 0.25) is 0 Å². The number of methoxy groups -OCH3 is 1. The normalized spacial score (nSPS) is 15.9. The Hall–Kier alpha value is -2.19. The van der Waals surface area contributed by atoms with Crippen molar-refractivity contribution in [2.45, 2.75) is 13.8 Å². The maximum absolute atomic E-state index is 12.4. The highest BCUT2D eigenvalue weighted by molar-refractivity contribution is 8.18. The van der Waals surface area contributed by atoms with Gasteiger partial charge in [-0.2, -0.15) is 0 Å². The molecule has 1 aromatic carbocycles. The van der Waals surface area contributed by atoms with E-state index in [0.717, 1.165) is 4.90 Å². The molecule has 0 saturated carbocycles. The van der Waals surface area contributed by atoms with Crippen molar-refractivity contribution in [2.75, 3.05) is 20.3 Å². The van der Waals surface area contributed by atoms with Crippen molar-refractivity contribution in [3.63, 3.8) is 0 Å². The standard InChI is InChI=1S/C17H18ClNO6S/c1-9(2)8-25-14(20)7-19-16(22)13(26-17(19)23)6-10-4-11(18)15(21)12(5-10)24-3/h4-6,9,21H,7-8H2,1-3H3/b13-6-. The van der Waals surface area contributed by atoms with Crippen LogP contribution >= 0.6 is 23.4 Å². The van der Waals surface area contributed by atoms with Crippen LogP contribution in [0.15, 0.2) is 17.0 Å². The first-order valence-corrected chi connectivity index (χ1v) is 8.89. The molecule has 1 N–H and O–H groups in total. The quantitative estimate of drug-likeness (QED) is 0.579. The van der Waals surface area contributed by atoms with E-state index in [9.17, 15) is 19.5 Å². The summed E-state index contributed by atoms with van der Waals surface area (Å²) in [6, 6.07) is 2.91. The number of halogens is 1. The number of rotatable bonds is 6. The summed E-state index contributed by atoms with van der Waals surface area (Å²) in [4.78, 5) is 37.2. The lowest BCUT2D eigenvalue weighted by atomic mass is 10.2. The number of hydrogen-bond donors (Lipinski definition) is 1. The second-order valence-electron chi connectivity index (χ2n) is 5.90. The summed E-state index contributed by atoms with van der Waals surface area (Å²) in [5.74, 6) is -1.16. The van der Waals surface area contributed by atoms with Crippen molar-refractivity contribution in [1.29, 1.82) is 0 Å². The van der Waals surface area contributed by atoms with Crippen LogP contribution in [-0.4, -0.2) is 47.4 Å². The zero-order valence-electron chi connectivity index (χ0n) is 14.4. The van der Waals surface area contributed by atoms with Crippen LogP contribution in [0.25, 0.3) is 6.08 Å². The molecule has 0 bridgehead atoms. The smallest absolute Gasteiger partial charge is 0.326 e. The zero-order valence-corrected chi connectivity index (χ0v) is 16.0. The number of thioether (sulfide) groups is 1. The second kappa shape index (κ2) is 8.46. The van der Waals surface area contributed by atoms with E-state index in [0.29, 0.717) is 17.3 Å². The maximum Gasteiger partial charge on any atom is 0.326 e. The molecule has 0 spiro atoms. The van der Waals surface area contributed by atoms with E-state index in [1.807, 2.05) is 13.8 Å². The fourth-order valence-electron chi connectivity index (χ4n) is 2.05. The third-order valence-electron chi connectivity index (χ3n) is 3.31. The number of carbonyl (C=O) groups is 3. The molecule has 1 aliphatic rings. The predicted octanol–water partition coefficient (Wildman–Crippen LogP) is 3.29. The fraction of sp³-hybridized carbons (Fsp3) is 0.353. The Morgan fingerprint density at radius 1 is 1.38 bits per heavy atom. The van der Waals surface area contributed by atoms with Crippen molar-refractivity contribution in [2.24, 2.45) is 5.92 Å². The molecule has 26 heavy (non-hydrogen) atoms. The lowest BCUT2D eigenvalue weighted by molar-refractivity contribution is -0.147. The van der Waals surface area contributed by atoms with Crippen molar-refractivity contribution >= 4 is 46.6 Å². The molecule has 1 heterocycles. The third-order valence-corrected chi connectivity index (χ3v) is 4.50. The Labute approximate surface area is 159 Å². The van der Waals surface area contributed by atoms with Gasteiger partial charge in [-0.05, 0) is 41.5 Å². The van der Waals surface area contributed by atoms with E-state index in [-0.39, 0.29) is 34.0 Å². The van der Waals surface area contributed by atoms with Crippen LogP contribution in [-0.2, 0) is 14.3 Å². The van der Waals surface area contributed by atoms with Gasteiger partial charge in [0.15, 0.2) is 11.5 Å². The van der Waals surface area contributed by atoms with Crippen molar-refractivity contribution in [3.8, 4) is 11.5 Å². The predicted molar refractivity (Wildman–Crippen MR) is 98.1 cm³/mol. The number of benzene rings is 1. The molecule has 1 saturated heterocycles. The van der Waals surface area contributed by atoms with Gasteiger partial charge in [-0.1, -0.05) is 25.4 Å². The SMILES string of the molecule is COc1cc(/C=C2\SC(=O)N(CC(=O)OCC(C)C)C2=O)cc(Cl)c1O. The van der Waals surface area contributed by atoms with E-state index in [1.165, 1.54) is 25.3 Å². The molecule has 0 atom stereocenters. The molecule has 1 fully saturated rings. The van der Waals surface area contributed by atoms with E-state index in [2.05, 4.69) is 0 Å². The van der Waals surface area contributed by atoms with Crippen LogP contribution in [0.3, 0.4) is 0 Å². The average molecular weight is 400 g/mol. The molecule has 7 nitrogen and oxygen atoms in total. The second-order valence-corrected chi connectivity index (χ2v) is 7.30. The zero-order chi connectivity index (χ0) is 19.4. The number of imide groups is 1. The Morgan fingerprint density at radius 3 is 2.69 bits per heavy atom. The van der Waals surface area contributed by atoms with Crippen LogP contribution in [0, 0.1) is 5.92 Å². The molecule has 2 amide bonds. The number of nitrogens with zero attached hydrogens (tertiary/aromatic N) is 1. The van der Waals surface area contributed by atoms with E-state index >= 15 is 0 Å². The minimum atomic E-state index is -0.642. The minimum absolute atomic E-state index is 0.0482. The van der Waals surface area contributed by atoms with E-state index < -0.39 is 23.7 Å². The van der Waals surface area contributed by atoms with Crippen LogP contribution in [0.4, 0.5) is 4.79 Å². The number of aromatic hydroxyl groups is 1. The highest BCUT2D eigenvalue weighted by Crippen LogP contribution is 2.37. The van der Waals surface area contributed by atoms with Crippen LogP contribution in [0.1, 0.15) is 19.4 Å². The first kappa shape index (κ1) is 20.1. The lowest BCUT2D eigenvalue weighted by Gasteiger charge is -2.12. The molecule has 0 aliphatic carbocycles. The fourth-order valence-corrected chi connectivity index (χ4v) is 3.11. The molecule has 1 aromatic rings. The number of hydrogen-bond acceptors (Lipinski definition) is 7. The summed E-state index contributed by atoms with van der Waals surface area (Å²) in [5, 5.41) is 9.24. The lowest BCUT2D eigenvalue weighted by Crippen LogP contribution is -2.34. The van der Waals surface area contributed by atoms with Crippen molar-refractivity contribution < 1.29 is 29.0 Å². The monoisotopic (exact) mass is 399 g/mol. The summed E-state index contributed by atoms with van der Waals surface area (Å²) in [6.07, 6.45) is 1.44. The first-order chi connectivity index (χ1) is 12.2. The van der Waals surface area contributed by atoms with E-state index in [1.54, 1.807) is 0 Å². The van der Waals surface area contributed by atoms with Gasteiger partial charge in [0.05, 0.1) is 23.6 Å². The Balaban J connectivity index is 2.16. The topological polar surface area (TPSA) is 93.1 Å². The largest absolute Gasteiger partial charge is 0.503 e. The van der Waals surface area contributed by atoms with Gasteiger partial charge in [0.25, 0.3) is 11.1 Å². The minimum Gasteiger partial charge on any atom is -0.503 e.